The van der Waals surface area contributed by atoms with Crippen molar-refractivity contribution < 1.29 is 13.2 Å². The Bertz CT molecular complexity index is 905. The highest BCUT2D eigenvalue weighted by atomic mass is 32.2. The van der Waals surface area contributed by atoms with Gasteiger partial charge in [-0.2, -0.15) is 0 Å². The van der Waals surface area contributed by atoms with Crippen molar-refractivity contribution in [2.75, 3.05) is 6.26 Å². The quantitative estimate of drug-likeness (QED) is 0.787. The minimum absolute atomic E-state index is 0.164. The van der Waals surface area contributed by atoms with E-state index in [0.717, 1.165) is 10.6 Å². The van der Waals surface area contributed by atoms with Gasteiger partial charge in [0.2, 0.25) is 0 Å². The molecule has 7 heteroatoms. The van der Waals surface area contributed by atoms with Gasteiger partial charge in [-0.1, -0.05) is 25.0 Å². The minimum Gasteiger partial charge on any atom is -0.345 e. The third-order valence-electron chi connectivity index (χ3n) is 4.75. The van der Waals surface area contributed by atoms with Crippen LogP contribution < -0.4 is 5.32 Å². The van der Waals surface area contributed by atoms with E-state index < -0.39 is 9.84 Å². The summed E-state index contributed by atoms with van der Waals surface area (Å²) in [7, 11) is -3.23. The molecule has 1 aliphatic carbocycles. The average Bonchev–Trinajstić information content (AvgIpc) is 3.14. The number of sulfone groups is 1. The normalized spacial score (nSPS) is 16.2. The number of hydrogen-bond acceptors (Lipinski definition) is 5. The first-order valence-corrected chi connectivity index (χ1v) is 11.8. The molecule has 1 unspecified atom stereocenters. The van der Waals surface area contributed by atoms with Crippen molar-refractivity contribution in [2.45, 2.75) is 53.8 Å². The number of carbonyl (C=O) groups is 1. The molecular formula is C20H24N2O3S2. The lowest BCUT2D eigenvalue weighted by Crippen LogP contribution is -2.27. The second kappa shape index (κ2) is 8.44. The second-order valence-electron chi connectivity index (χ2n) is 6.92. The molecule has 1 aliphatic rings. The van der Waals surface area contributed by atoms with Crippen LogP contribution in [0.3, 0.4) is 0 Å². The zero-order valence-corrected chi connectivity index (χ0v) is 17.1. The molecule has 1 aromatic carbocycles. The Balaban J connectivity index is 1.71. The third kappa shape index (κ3) is 5.11. The third-order valence-corrected chi connectivity index (χ3v) is 7.23. The van der Waals surface area contributed by atoms with E-state index >= 15 is 0 Å². The van der Waals surface area contributed by atoms with Crippen LogP contribution in [0.2, 0.25) is 0 Å². The summed E-state index contributed by atoms with van der Waals surface area (Å²) in [4.78, 5) is 17.5. The summed E-state index contributed by atoms with van der Waals surface area (Å²) in [6.45, 7) is 1.88. The average molecular weight is 405 g/mol. The van der Waals surface area contributed by atoms with Gasteiger partial charge in [0, 0.05) is 17.7 Å². The second-order valence-corrected chi connectivity index (χ2v) is 10.2. The molecule has 1 N–H and O–H groups in total. The van der Waals surface area contributed by atoms with Gasteiger partial charge in [-0.3, -0.25) is 4.79 Å². The number of carbonyl (C=O) groups excluding carboxylic acids is 1. The van der Waals surface area contributed by atoms with E-state index in [1.54, 1.807) is 54.4 Å². The van der Waals surface area contributed by atoms with E-state index in [0.29, 0.717) is 10.8 Å². The first-order valence-electron chi connectivity index (χ1n) is 9.07. The number of benzene rings is 1. The molecule has 1 aromatic heterocycles. The van der Waals surface area contributed by atoms with E-state index in [9.17, 15) is 13.2 Å². The number of nitrogens with zero attached hydrogens (tertiary/aromatic N) is 1. The van der Waals surface area contributed by atoms with Gasteiger partial charge in [-0.05, 0) is 49.6 Å². The maximum Gasteiger partial charge on any atom is 0.254 e. The molecule has 2 aromatic rings. The number of rotatable bonds is 6. The number of pyridine rings is 1. The topological polar surface area (TPSA) is 76.1 Å². The van der Waals surface area contributed by atoms with Crippen LogP contribution in [-0.2, 0) is 9.84 Å². The number of thioether (sulfide) groups is 1. The van der Waals surface area contributed by atoms with Gasteiger partial charge in [0.05, 0.1) is 16.5 Å². The lowest BCUT2D eigenvalue weighted by Gasteiger charge is -2.17. The molecule has 27 heavy (non-hydrogen) atoms. The molecule has 1 atom stereocenters. The van der Waals surface area contributed by atoms with Crippen LogP contribution in [0.25, 0.3) is 0 Å². The molecule has 0 aliphatic heterocycles. The maximum atomic E-state index is 12.8. The van der Waals surface area contributed by atoms with Gasteiger partial charge in [0.15, 0.2) is 9.84 Å². The van der Waals surface area contributed by atoms with Crippen molar-refractivity contribution in [1.82, 2.24) is 10.3 Å². The van der Waals surface area contributed by atoms with Crippen molar-refractivity contribution in [3.8, 4) is 0 Å². The molecule has 1 amide bonds. The molecule has 0 radical (unpaired) electrons. The lowest BCUT2D eigenvalue weighted by atomic mass is 10.1. The number of aromatic nitrogens is 1. The van der Waals surface area contributed by atoms with Gasteiger partial charge in [0.25, 0.3) is 5.91 Å². The molecule has 1 heterocycles. The standard InChI is InChI=1S/C20H24N2O3S2/c1-14(15-9-11-17(12-10-15)27(2,24)25)22-19(23)18-8-5-13-21-20(18)26-16-6-3-4-7-16/h5,8-14,16H,3-4,6-7H2,1-2H3,(H,22,23). The Kier molecular flexibility index (Phi) is 6.22. The SMILES string of the molecule is CC(NC(=O)c1cccnc1SC1CCCC1)c1ccc(S(C)(=O)=O)cc1. The fraction of sp³-hybridized carbons (Fsp3) is 0.400. The van der Waals surface area contributed by atoms with Crippen molar-refractivity contribution in [2.24, 2.45) is 0 Å². The summed E-state index contributed by atoms with van der Waals surface area (Å²) >= 11 is 1.70. The summed E-state index contributed by atoms with van der Waals surface area (Å²) < 4.78 is 23.2. The highest BCUT2D eigenvalue weighted by molar-refractivity contribution is 8.00. The monoisotopic (exact) mass is 404 g/mol. The largest absolute Gasteiger partial charge is 0.345 e. The predicted octanol–water partition coefficient (Wildman–Crippen LogP) is 4.01. The van der Waals surface area contributed by atoms with Crippen molar-refractivity contribution in [3.63, 3.8) is 0 Å². The molecule has 3 rings (SSSR count). The van der Waals surface area contributed by atoms with E-state index in [-0.39, 0.29) is 16.8 Å². The summed E-state index contributed by atoms with van der Waals surface area (Å²) in [6.07, 6.45) is 7.73. The van der Waals surface area contributed by atoms with Crippen LogP contribution in [0.4, 0.5) is 0 Å². The molecule has 144 valence electrons. The van der Waals surface area contributed by atoms with Gasteiger partial charge >= 0.3 is 0 Å². The highest BCUT2D eigenvalue weighted by Crippen LogP contribution is 2.35. The van der Waals surface area contributed by atoms with Crippen molar-refractivity contribution >= 4 is 27.5 Å². The number of nitrogens with one attached hydrogen (secondary N) is 1. The van der Waals surface area contributed by atoms with Crippen LogP contribution >= 0.6 is 11.8 Å². The van der Waals surface area contributed by atoms with Gasteiger partial charge in [0.1, 0.15) is 5.03 Å². The Hall–Kier alpha value is -1.86. The van der Waals surface area contributed by atoms with Crippen molar-refractivity contribution in [3.05, 3.63) is 53.7 Å². The van der Waals surface area contributed by atoms with Crippen LogP contribution in [0.5, 0.6) is 0 Å². The Morgan fingerprint density at radius 3 is 2.48 bits per heavy atom. The summed E-state index contributed by atoms with van der Waals surface area (Å²) in [5.41, 5.74) is 1.44. The molecule has 0 saturated heterocycles. The first kappa shape index (κ1) is 19.9. The fourth-order valence-electron chi connectivity index (χ4n) is 3.18. The van der Waals surface area contributed by atoms with Gasteiger partial charge < -0.3 is 5.32 Å². The molecule has 1 saturated carbocycles. The van der Waals surface area contributed by atoms with Crippen LogP contribution in [0.1, 0.15) is 54.6 Å². The Labute approximate surface area is 164 Å². The van der Waals surface area contributed by atoms with Gasteiger partial charge in [-0.15, -0.1) is 11.8 Å². The van der Waals surface area contributed by atoms with Crippen LogP contribution in [-0.4, -0.2) is 30.8 Å². The first-order chi connectivity index (χ1) is 12.8. The number of hydrogen-bond donors (Lipinski definition) is 1. The number of amides is 1. The summed E-state index contributed by atoms with van der Waals surface area (Å²) in [6, 6.07) is 9.95. The Morgan fingerprint density at radius 1 is 1.19 bits per heavy atom. The van der Waals surface area contributed by atoms with Crippen molar-refractivity contribution in [1.29, 1.82) is 0 Å². The molecule has 0 spiro atoms. The summed E-state index contributed by atoms with van der Waals surface area (Å²) in [5.74, 6) is -0.164. The predicted molar refractivity (Wildman–Crippen MR) is 108 cm³/mol. The van der Waals surface area contributed by atoms with E-state index in [1.807, 2.05) is 6.92 Å². The van der Waals surface area contributed by atoms with E-state index in [2.05, 4.69) is 10.3 Å². The van der Waals surface area contributed by atoms with Crippen LogP contribution in [0.15, 0.2) is 52.5 Å². The molecule has 1 fully saturated rings. The molecule has 0 bridgehead atoms. The zero-order chi connectivity index (χ0) is 19.4. The van der Waals surface area contributed by atoms with Gasteiger partial charge in [-0.25, -0.2) is 13.4 Å². The smallest absolute Gasteiger partial charge is 0.254 e. The molecule has 5 nitrogen and oxygen atoms in total. The fourth-order valence-corrected chi connectivity index (χ4v) is 5.11. The highest BCUT2D eigenvalue weighted by Gasteiger charge is 2.21. The minimum atomic E-state index is -3.23. The lowest BCUT2D eigenvalue weighted by molar-refractivity contribution is 0.0936. The van der Waals surface area contributed by atoms with E-state index in [1.165, 1.54) is 31.9 Å². The summed E-state index contributed by atoms with van der Waals surface area (Å²) in [5, 5.41) is 4.31. The van der Waals surface area contributed by atoms with Crippen LogP contribution in [0, 0.1) is 0 Å². The maximum absolute atomic E-state index is 12.8. The van der Waals surface area contributed by atoms with E-state index in [4.69, 9.17) is 0 Å². The Morgan fingerprint density at radius 2 is 1.85 bits per heavy atom. The zero-order valence-electron chi connectivity index (χ0n) is 15.5. The molecular weight excluding hydrogens is 380 g/mol.